The number of hydrogen-bond donors (Lipinski definition) is 0. The molecule has 0 fully saturated rings. The number of nitrogens with zero attached hydrogens (tertiary/aromatic N) is 1. The molecule has 0 amide bonds. The summed E-state index contributed by atoms with van der Waals surface area (Å²) in [5.41, 5.74) is 1.83. The molecule has 2 nitrogen and oxygen atoms in total. The van der Waals surface area contributed by atoms with Gasteiger partial charge in [-0.1, -0.05) is 17.2 Å². The van der Waals surface area contributed by atoms with Gasteiger partial charge < -0.3 is 0 Å². The Morgan fingerprint density at radius 2 is 1.65 bits per heavy atom. The van der Waals surface area contributed by atoms with Crippen LogP contribution < -0.4 is 0 Å². The Morgan fingerprint density at radius 3 is 2.15 bits per heavy atom. The maximum absolute atomic E-state index is 12.6. The first kappa shape index (κ1) is 14.2. The molecule has 0 saturated carbocycles. The Balaban J connectivity index is 2.60. The zero-order chi connectivity index (χ0) is 14.9. The van der Waals surface area contributed by atoms with E-state index in [-0.39, 0.29) is 11.3 Å². The summed E-state index contributed by atoms with van der Waals surface area (Å²) in [6.45, 7) is 3.75. The highest BCUT2D eigenvalue weighted by molar-refractivity contribution is 5.86. The van der Waals surface area contributed by atoms with Crippen LogP contribution >= 0.6 is 0 Å². The quantitative estimate of drug-likeness (QED) is 0.771. The highest BCUT2D eigenvalue weighted by atomic mass is 19.4. The van der Waals surface area contributed by atoms with Crippen molar-refractivity contribution in [3.8, 4) is 11.3 Å². The smallest absolute Gasteiger partial charge is 0.298 e. The molecule has 0 aliphatic heterocycles. The Labute approximate surface area is 114 Å². The van der Waals surface area contributed by atoms with Crippen LogP contribution in [0.15, 0.2) is 30.5 Å². The van der Waals surface area contributed by atoms with Crippen molar-refractivity contribution < 1.29 is 18.0 Å². The summed E-state index contributed by atoms with van der Waals surface area (Å²) >= 11 is 0. The van der Waals surface area contributed by atoms with Crippen LogP contribution in [0.4, 0.5) is 13.2 Å². The minimum absolute atomic E-state index is 0.0650. The van der Waals surface area contributed by atoms with Crippen molar-refractivity contribution in [3.63, 3.8) is 0 Å². The Kier molecular flexibility index (Phi) is 3.61. The monoisotopic (exact) mass is 279 g/mol. The van der Waals surface area contributed by atoms with Gasteiger partial charge in [0.15, 0.2) is 6.29 Å². The van der Waals surface area contributed by atoms with Crippen LogP contribution in [-0.2, 0) is 6.18 Å². The van der Waals surface area contributed by atoms with Gasteiger partial charge in [-0.15, -0.1) is 0 Å². The summed E-state index contributed by atoms with van der Waals surface area (Å²) in [6, 6.07) is 6.34. The third-order valence-corrected chi connectivity index (χ3v) is 2.87. The van der Waals surface area contributed by atoms with Crippen molar-refractivity contribution in [3.05, 3.63) is 52.7 Å². The van der Waals surface area contributed by atoms with Gasteiger partial charge in [0.05, 0.1) is 11.3 Å². The predicted octanol–water partition coefficient (Wildman–Crippen LogP) is 4.20. The fourth-order valence-corrected chi connectivity index (χ4v) is 2.08. The second-order valence-corrected chi connectivity index (χ2v) is 4.65. The molecule has 1 aromatic carbocycles. The molecule has 0 aliphatic carbocycles. The number of rotatable bonds is 2. The SMILES string of the molecule is Cc1cc(C)cc(-c2ncc(C(F)(F)F)cc2C=O)c1. The van der Waals surface area contributed by atoms with Gasteiger partial charge in [-0.05, 0) is 32.0 Å². The van der Waals surface area contributed by atoms with Crippen molar-refractivity contribution >= 4 is 6.29 Å². The van der Waals surface area contributed by atoms with Crippen LogP contribution in [0.1, 0.15) is 27.0 Å². The number of aldehydes is 1. The molecule has 5 heteroatoms. The van der Waals surface area contributed by atoms with Crippen LogP contribution in [0.25, 0.3) is 11.3 Å². The summed E-state index contributed by atoms with van der Waals surface area (Å²) in [6.07, 6.45) is -3.36. The normalized spacial score (nSPS) is 11.4. The van der Waals surface area contributed by atoms with E-state index in [0.29, 0.717) is 11.8 Å². The molecule has 104 valence electrons. The summed E-state index contributed by atoms with van der Waals surface area (Å²) in [5, 5.41) is 0. The fraction of sp³-hybridized carbons (Fsp3) is 0.200. The van der Waals surface area contributed by atoms with E-state index in [1.165, 1.54) is 0 Å². The summed E-state index contributed by atoms with van der Waals surface area (Å²) in [4.78, 5) is 14.9. The molecule has 0 N–H and O–H groups in total. The van der Waals surface area contributed by atoms with Crippen LogP contribution in [0, 0.1) is 13.8 Å². The third-order valence-electron chi connectivity index (χ3n) is 2.87. The largest absolute Gasteiger partial charge is 0.417 e. The van der Waals surface area contributed by atoms with E-state index in [2.05, 4.69) is 4.98 Å². The average Bonchev–Trinajstić information content (AvgIpc) is 2.35. The number of halogens is 3. The number of aryl methyl sites for hydroxylation is 2. The predicted molar refractivity (Wildman–Crippen MR) is 69.5 cm³/mol. The summed E-state index contributed by atoms with van der Waals surface area (Å²) in [5.74, 6) is 0. The van der Waals surface area contributed by atoms with Gasteiger partial charge >= 0.3 is 6.18 Å². The molecule has 0 atom stereocenters. The highest BCUT2D eigenvalue weighted by Crippen LogP contribution is 2.31. The lowest BCUT2D eigenvalue weighted by atomic mass is 10.0. The van der Waals surface area contributed by atoms with Gasteiger partial charge in [-0.2, -0.15) is 13.2 Å². The first-order valence-electron chi connectivity index (χ1n) is 5.92. The maximum atomic E-state index is 12.6. The van der Waals surface area contributed by atoms with E-state index in [1.807, 2.05) is 19.9 Å². The number of alkyl halides is 3. The third kappa shape index (κ3) is 2.87. The van der Waals surface area contributed by atoms with Gasteiger partial charge in [0.25, 0.3) is 0 Å². The van der Waals surface area contributed by atoms with E-state index in [4.69, 9.17) is 0 Å². The molecule has 0 spiro atoms. The van der Waals surface area contributed by atoms with Gasteiger partial charge in [0.2, 0.25) is 0 Å². The van der Waals surface area contributed by atoms with Crippen LogP contribution in [0.3, 0.4) is 0 Å². The molecule has 1 heterocycles. The molecular weight excluding hydrogens is 267 g/mol. The van der Waals surface area contributed by atoms with Crippen LogP contribution in [0.5, 0.6) is 0 Å². The van der Waals surface area contributed by atoms with Crippen LogP contribution in [-0.4, -0.2) is 11.3 Å². The molecule has 1 aromatic heterocycles. The molecule has 0 bridgehead atoms. The van der Waals surface area contributed by atoms with E-state index in [9.17, 15) is 18.0 Å². The summed E-state index contributed by atoms with van der Waals surface area (Å²) < 4.78 is 37.8. The van der Waals surface area contributed by atoms with E-state index in [1.54, 1.807) is 12.1 Å². The Bertz CT molecular complexity index is 642. The highest BCUT2D eigenvalue weighted by Gasteiger charge is 2.31. The zero-order valence-electron chi connectivity index (χ0n) is 11.0. The average molecular weight is 279 g/mol. The second-order valence-electron chi connectivity index (χ2n) is 4.65. The number of pyridine rings is 1. The molecule has 2 rings (SSSR count). The van der Waals surface area contributed by atoms with Crippen LogP contribution in [0.2, 0.25) is 0 Å². The lowest BCUT2D eigenvalue weighted by Gasteiger charge is -2.10. The van der Waals surface area contributed by atoms with Gasteiger partial charge in [-0.25, -0.2) is 0 Å². The fourth-order valence-electron chi connectivity index (χ4n) is 2.08. The molecule has 0 radical (unpaired) electrons. The topological polar surface area (TPSA) is 30.0 Å². The van der Waals surface area contributed by atoms with Crippen molar-refractivity contribution in [2.75, 3.05) is 0 Å². The lowest BCUT2D eigenvalue weighted by molar-refractivity contribution is -0.137. The summed E-state index contributed by atoms with van der Waals surface area (Å²) in [7, 11) is 0. The Morgan fingerprint density at radius 1 is 1.05 bits per heavy atom. The number of carbonyl (C=O) groups is 1. The molecule has 0 saturated heterocycles. The van der Waals surface area contributed by atoms with Crippen molar-refractivity contribution in [1.82, 2.24) is 4.98 Å². The number of hydrogen-bond acceptors (Lipinski definition) is 2. The van der Waals surface area contributed by atoms with Crippen molar-refractivity contribution in [2.45, 2.75) is 20.0 Å². The Hall–Kier alpha value is -2.17. The second kappa shape index (κ2) is 5.07. The zero-order valence-corrected chi connectivity index (χ0v) is 11.0. The molecule has 0 unspecified atom stereocenters. The van der Waals surface area contributed by atoms with E-state index < -0.39 is 11.7 Å². The van der Waals surface area contributed by atoms with Gasteiger partial charge in [0, 0.05) is 17.3 Å². The van der Waals surface area contributed by atoms with E-state index >= 15 is 0 Å². The van der Waals surface area contributed by atoms with Crippen molar-refractivity contribution in [1.29, 1.82) is 0 Å². The minimum Gasteiger partial charge on any atom is -0.298 e. The van der Waals surface area contributed by atoms with E-state index in [0.717, 1.165) is 23.4 Å². The minimum atomic E-state index is -4.51. The molecule has 2 aromatic rings. The molecule has 0 aliphatic rings. The molecular formula is C15H12F3NO. The first-order valence-corrected chi connectivity index (χ1v) is 5.92. The maximum Gasteiger partial charge on any atom is 0.417 e. The first-order chi connectivity index (χ1) is 9.31. The number of benzene rings is 1. The number of carbonyl (C=O) groups excluding carboxylic acids is 1. The van der Waals surface area contributed by atoms with Crippen molar-refractivity contribution in [2.24, 2.45) is 0 Å². The van der Waals surface area contributed by atoms with Gasteiger partial charge in [0.1, 0.15) is 0 Å². The standard InChI is InChI=1S/C15H12F3NO/c1-9-3-10(2)5-11(4-9)14-12(8-20)6-13(7-19-14)15(16,17)18/h3-8H,1-2H3. The molecule has 20 heavy (non-hydrogen) atoms. The number of aromatic nitrogens is 1. The lowest BCUT2D eigenvalue weighted by Crippen LogP contribution is -2.07. The van der Waals surface area contributed by atoms with Gasteiger partial charge in [-0.3, -0.25) is 9.78 Å².